The normalized spacial score (nSPS) is 10.9. The number of anilines is 2. The van der Waals surface area contributed by atoms with Crippen LogP contribution in [-0.4, -0.2) is 22.0 Å². The highest BCUT2D eigenvalue weighted by atomic mass is 32.1. The van der Waals surface area contributed by atoms with Crippen LogP contribution in [0.2, 0.25) is 0 Å². The molecule has 2 aromatic heterocycles. The Morgan fingerprint density at radius 1 is 1.00 bits per heavy atom. The summed E-state index contributed by atoms with van der Waals surface area (Å²) in [5.74, 6) is -0.891. The molecule has 0 bridgehead atoms. The second kappa shape index (κ2) is 8.69. The molecule has 0 saturated carbocycles. The number of para-hydroxylation sites is 1. The lowest BCUT2D eigenvalue weighted by Crippen LogP contribution is -2.14. The number of hydrogen-bond acceptors (Lipinski definition) is 4. The van der Waals surface area contributed by atoms with Gasteiger partial charge < -0.3 is 10.6 Å². The number of amides is 2. The minimum Gasteiger partial charge on any atom is -0.321 e. The molecule has 2 aromatic carbocycles. The number of nitrogens with one attached hydrogen (secondary N) is 3. The molecule has 31 heavy (non-hydrogen) atoms. The van der Waals surface area contributed by atoms with Gasteiger partial charge in [-0.15, -0.1) is 11.3 Å². The molecule has 4 aromatic rings. The van der Waals surface area contributed by atoms with Crippen molar-refractivity contribution in [1.82, 2.24) is 10.2 Å². The van der Waals surface area contributed by atoms with Crippen LogP contribution in [0.3, 0.4) is 0 Å². The highest BCUT2D eigenvalue weighted by Crippen LogP contribution is 2.31. The summed E-state index contributed by atoms with van der Waals surface area (Å²) in [6.45, 7) is 4.11. The Kier molecular flexibility index (Phi) is 5.81. The number of H-pyrrole nitrogens is 1. The predicted molar refractivity (Wildman–Crippen MR) is 121 cm³/mol. The third kappa shape index (κ3) is 4.20. The first-order valence-electron chi connectivity index (χ1n) is 9.97. The third-order valence-corrected chi connectivity index (χ3v) is 6.07. The van der Waals surface area contributed by atoms with Gasteiger partial charge in [-0.25, -0.2) is 4.39 Å². The standard InChI is InChI=1S/C23H21FN4O2S/c1-3-13-7-5-8-14(4-2)19(13)25-22(30)18-12-17-20(27-28-23(17)31-18)26-21(29)15-9-6-10-16(24)11-15/h5-12H,3-4H2,1-2H3,(H,25,30)(H2,26,27,28,29). The zero-order valence-corrected chi connectivity index (χ0v) is 17.9. The Bertz CT molecular complexity index is 1260. The van der Waals surface area contributed by atoms with Gasteiger partial charge in [-0.3, -0.25) is 14.7 Å². The second-order valence-electron chi connectivity index (χ2n) is 7.00. The van der Waals surface area contributed by atoms with Crippen molar-refractivity contribution in [3.8, 4) is 0 Å². The van der Waals surface area contributed by atoms with Crippen molar-refractivity contribution in [2.75, 3.05) is 10.6 Å². The van der Waals surface area contributed by atoms with Crippen LogP contribution < -0.4 is 10.6 Å². The van der Waals surface area contributed by atoms with Crippen molar-refractivity contribution in [3.05, 3.63) is 75.9 Å². The van der Waals surface area contributed by atoms with Gasteiger partial charge in [-0.05, 0) is 48.2 Å². The summed E-state index contributed by atoms with van der Waals surface area (Å²) in [6, 6.07) is 13.1. The number of carbonyl (C=O) groups is 2. The van der Waals surface area contributed by atoms with E-state index >= 15 is 0 Å². The molecule has 0 aliphatic rings. The van der Waals surface area contributed by atoms with Crippen molar-refractivity contribution in [2.45, 2.75) is 26.7 Å². The summed E-state index contributed by atoms with van der Waals surface area (Å²) >= 11 is 1.26. The quantitative estimate of drug-likeness (QED) is 0.379. The molecule has 2 amide bonds. The lowest BCUT2D eigenvalue weighted by molar-refractivity contribution is 0.102. The molecular weight excluding hydrogens is 415 g/mol. The summed E-state index contributed by atoms with van der Waals surface area (Å²) in [5, 5.41) is 13.3. The van der Waals surface area contributed by atoms with Gasteiger partial charge in [-0.2, -0.15) is 5.10 Å². The van der Waals surface area contributed by atoms with Gasteiger partial charge in [0.2, 0.25) is 0 Å². The zero-order valence-electron chi connectivity index (χ0n) is 17.1. The summed E-state index contributed by atoms with van der Waals surface area (Å²) in [5.41, 5.74) is 3.21. The molecule has 0 atom stereocenters. The SMILES string of the molecule is CCc1cccc(CC)c1NC(=O)c1cc2c(NC(=O)c3cccc(F)c3)n[nH]c2s1. The highest BCUT2D eigenvalue weighted by molar-refractivity contribution is 7.20. The van der Waals surface area contributed by atoms with Crippen molar-refractivity contribution < 1.29 is 14.0 Å². The van der Waals surface area contributed by atoms with E-state index < -0.39 is 11.7 Å². The average Bonchev–Trinajstić information content (AvgIpc) is 3.36. The molecule has 0 spiro atoms. The fraction of sp³-hybridized carbons (Fsp3) is 0.174. The maximum absolute atomic E-state index is 13.4. The smallest absolute Gasteiger partial charge is 0.265 e. The van der Waals surface area contributed by atoms with E-state index in [1.807, 2.05) is 18.2 Å². The van der Waals surface area contributed by atoms with Crippen molar-refractivity contribution >= 4 is 44.9 Å². The van der Waals surface area contributed by atoms with Gasteiger partial charge >= 0.3 is 0 Å². The molecule has 0 fully saturated rings. The van der Waals surface area contributed by atoms with Crippen LogP contribution >= 0.6 is 11.3 Å². The van der Waals surface area contributed by atoms with Crippen LogP contribution in [0.5, 0.6) is 0 Å². The third-order valence-electron chi connectivity index (χ3n) is 5.04. The first-order valence-corrected chi connectivity index (χ1v) is 10.8. The molecule has 0 saturated heterocycles. The van der Waals surface area contributed by atoms with Crippen molar-refractivity contribution in [2.24, 2.45) is 0 Å². The van der Waals surface area contributed by atoms with E-state index in [1.54, 1.807) is 6.07 Å². The summed E-state index contributed by atoms with van der Waals surface area (Å²) in [4.78, 5) is 26.5. The molecule has 8 heteroatoms. The van der Waals surface area contributed by atoms with Crippen LogP contribution in [0.1, 0.15) is 45.0 Å². The second-order valence-corrected chi connectivity index (χ2v) is 8.05. The van der Waals surface area contributed by atoms with Crippen LogP contribution in [0, 0.1) is 5.82 Å². The van der Waals surface area contributed by atoms with Crippen molar-refractivity contribution in [3.63, 3.8) is 0 Å². The number of aromatic amines is 1. The van der Waals surface area contributed by atoms with Gasteiger partial charge in [0.1, 0.15) is 10.6 Å². The average molecular weight is 437 g/mol. The zero-order chi connectivity index (χ0) is 22.0. The molecule has 158 valence electrons. The number of nitrogens with zero attached hydrogens (tertiary/aromatic N) is 1. The van der Waals surface area contributed by atoms with Crippen LogP contribution in [0.15, 0.2) is 48.5 Å². The molecule has 0 aliphatic heterocycles. The molecule has 0 radical (unpaired) electrons. The van der Waals surface area contributed by atoms with E-state index in [9.17, 15) is 14.0 Å². The lowest BCUT2D eigenvalue weighted by atomic mass is 10.0. The first kappa shape index (κ1) is 20.7. The Labute approximate surface area is 182 Å². The van der Waals surface area contributed by atoms with Crippen LogP contribution in [0.4, 0.5) is 15.9 Å². The predicted octanol–water partition coefficient (Wildman–Crippen LogP) is 5.39. The number of hydrogen-bond donors (Lipinski definition) is 3. The number of carbonyl (C=O) groups excluding carboxylic acids is 2. The molecule has 0 aliphatic carbocycles. The number of halogens is 1. The number of fused-ring (bicyclic) bond motifs is 1. The van der Waals surface area contributed by atoms with Gasteiger partial charge in [0, 0.05) is 11.3 Å². The fourth-order valence-electron chi connectivity index (χ4n) is 3.41. The number of aryl methyl sites for hydroxylation is 2. The highest BCUT2D eigenvalue weighted by Gasteiger charge is 2.19. The van der Waals surface area contributed by atoms with Gasteiger partial charge in [0.05, 0.1) is 10.3 Å². The minimum atomic E-state index is -0.492. The van der Waals surface area contributed by atoms with E-state index in [0.717, 1.165) is 35.7 Å². The number of rotatable bonds is 6. The monoisotopic (exact) mass is 436 g/mol. The fourth-order valence-corrected chi connectivity index (χ4v) is 4.31. The van der Waals surface area contributed by atoms with Crippen molar-refractivity contribution in [1.29, 1.82) is 0 Å². The van der Waals surface area contributed by atoms with Gasteiger partial charge in [-0.1, -0.05) is 38.1 Å². The molecule has 4 rings (SSSR count). The topological polar surface area (TPSA) is 86.9 Å². The Balaban J connectivity index is 1.58. The van der Waals surface area contributed by atoms with E-state index in [-0.39, 0.29) is 11.5 Å². The molecular formula is C23H21FN4O2S. The molecule has 0 unspecified atom stereocenters. The van der Waals surface area contributed by atoms with Gasteiger partial charge in [0.25, 0.3) is 11.8 Å². The largest absolute Gasteiger partial charge is 0.321 e. The summed E-state index contributed by atoms with van der Waals surface area (Å²) in [6.07, 6.45) is 1.63. The Morgan fingerprint density at radius 2 is 1.71 bits per heavy atom. The van der Waals surface area contributed by atoms with E-state index in [4.69, 9.17) is 0 Å². The number of thiophene rings is 1. The van der Waals surface area contributed by atoms with Crippen LogP contribution in [0.25, 0.3) is 10.2 Å². The maximum Gasteiger partial charge on any atom is 0.265 e. The van der Waals surface area contributed by atoms with Gasteiger partial charge in [0.15, 0.2) is 5.82 Å². The Morgan fingerprint density at radius 3 is 2.39 bits per heavy atom. The summed E-state index contributed by atoms with van der Waals surface area (Å²) in [7, 11) is 0. The van der Waals surface area contributed by atoms with E-state index in [2.05, 4.69) is 34.7 Å². The van der Waals surface area contributed by atoms with E-state index in [1.165, 1.54) is 29.5 Å². The van der Waals surface area contributed by atoms with E-state index in [0.29, 0.717) is 20.9 Å². The lowest BCUT2D eigenvalue weighted by Gasteiger charge is -2.13. The number of aromatic nitrogens is 2. The number of benzene rings is 2. The Hall–Kier alpha value is -3.52. The summed E-state index contributed by atoms with van der Waals surface area (Å²) < 4.78 is 13.4. The molecule has 2 heterocycles. The first-order chi connectivity index (χ1) is 15.0. The molecule has 6 nitrogen and oxygen atoms in total. The van der Waals surface area contributed by atoms with Crippen LogP contribution in [-0.2, 0) is 12.8 Å². The minimum absolute atomic E-state index is 0.188. The maximum atomic E-state index is 13.4. The molecule has 3 N–H and O–H groups in total.